The zero-order valence-corrected chi connectivity index (χ0v) is 11.8. The molecule has 104 valence electrons. The molecule has 0 aromatic heterocycles. The number of likely N-dealkylation sites (tertiary alicyclic amines) is 2. The van der Waals surface area contributed by atoms with E-state index in [1.165, 1.54) is 6.42 Å². The largest absolute Gasteiger partial charge is 0.338 e. The second kappa shape index (κ2) is 6.02. The number of hydrogen-bond donors (Lipinski definition) is 1. The quantitative estimate of drug-likeness (QED) is 0.796. The van der Waals surface area contributed by atoms with Crippen LogP contribution in [-0.2, 0) is 4.79 Å². The highest BCUT2D eigenvalue weighted by molar-refractivity contribution is 5.79. The van der Waals surface area contributed by atoms with Gasteiger partial charge < -0.3 is 15.5 Å². The lowest BCUT2D eigenvalue weighted by Gasteiger charge is -2.42. The van der Waals surface area contributed by atoms with Crippen LogP contribution in [0.5, 0.6) is 0 Å². The summed E-state index contributed by atoms with van der Waals surface area (Å²) in [6, 6.07) is 0.269. The highest BCUT2D eigenvalue weighted by Crippen LogP contribution is 2.27. The Hall–Kier alpha value is -0.610. The third-order valence-corrected chi connectivity index (χ3v) is 4.71. The molecule has 2 N–H and O–H groups in total. The highest BCUT2D eigenvalue weighted by atomic mass is 16.2. The first kappa shape index (κ1) is 13.8. The standard InChI is InChI=1S/C14H27N3O/c1-11-4-3-7-17(13(11)10-15)14(18)12-5-8-16(2)9-6-12/h11-13H,3-10,15H2,1-2H3/t11-,13-/m1/s1. The summed E-state index contributed by atoms with van der Waals surface area (Å²) < 4.78 is 0. The fourth-order valence-corrected chi connectivity index (χ4v) is 3.37. The molecule has 2 aliphatic rings. The molecule has 0 spiro atoms. The maximum Gasteiger partial charge on any atom is 0.226 e. The van der Waals surface area contributed by atoms with Gasteiger partial charge in [0, 0.05) is 25.0 Å². The summed E-state index contributed by atoms with van der Waals surface area (Å²) in [5.41, 5.74) is 5.87. The maximum atomic E-state index is 12.6. The Bertz CT molecular complexity index is 287. The summed E-state index contributed by atoms with van der Waals surface area (Å²) in [6.45, 7) is 5.85. The van der Waals surface area contributed by atoms with E-state index in [0.29, 0.717) is 18.4 Å². The molecule has 2 saturated heterocycles. The van der Waals surface area contributed by atoms with E-state index in [2.05, 4.69) is 23.8 Å². The molecular formula is C14H27N3O. The van der Waals surface area contributed by atoms with Crippen molar-refractivity contribution in [1.82, 2.24) is 9.80 Å². The van der Waals surface area contributed by atoms with Crippen LogP contribution in [0, 0.1) is 11.8 Å². The lowest BCUT2D eigenvalue weighted by molar-refractivity contribution is -0.142. The summed E-state index contributed by atoms with van der Waals surface area (Å²) >= 11 is 0. The molecule has 0 bridgehead atoms. The van der Waals surface area contributed by atoms with Crippen LogP contribution in [0.1, 0.15) is 32.6 Å². The van der Waals surface area contributed by atoms with Crippen molar-refractivity contribution in [2.45, 2.75) is 38.6 Å². The van der Waals surface area contributed by atoms with Crippen molar-refractivity contribution in [2.24, 2.45) is 17.6 Å². The van der Waals surface area contributed by atoms with E-state index in [1.807, 2.05) is 0 Å². The molecular weight excluding hydrogens is 226 g/mol. The number of nitrogens with zero attached hydrogens (tertiary/aromatic N) is 2. The molecule has 4 heteroatoms. The summed E-state index contributed by atoms with van der Waals surface area (Å²) in [5.74, 6) is 1.16. The van der Waals surface area contributed by atoms with Gasteiger partial charge in [-0.2, -0.15) is 0 Å². The zero-order valence-electron chi connectivity index (χ0n) is 11.8. The zero-order chi connectivity index (χ0) is 13.1. The minimum atomic E-state index is 0.237. The van der Waals surface area contributed by atoms with Crippen molar-refractivity contribution in [3.05, 3.63) is 0 Å². The van der Waals surface area contributed by atoms with Crippen molar-refractivity contribution in [1.29, 1.82) is 0 Å². The second-order valence-corrected chi connectivity index (χ2v) is 6.03. The van der Waals surface area contributed by atoms with Crippen LogP contribution < -0.4 is 5.73 Å². The van der Waals surface area contributed by atoms with Crippen molar-refractivity contribution < 1.29 is 4.79 Å². The third-order valence-electron chi connectivity index (χ3n) is 4.71. The number of hydrogen-bond acceptors (Lipinski definition) is 3. The molecule has 2 aliphatic heterocycles. The van der Waals surface area contributed by atoms with E-state index in [4.69, 9.17) is 5.73 Å². The van der Waals surface area contributed by atoms with Gasteiger partial charge in [0.25, 0.3) is 0 Å². The van der Waals surface area contributed by atoms with Crippen LogP contribution >= 0.6 is 0 Å². The van der Waals surface area contributed by atoms with Crippen molar-refractivity contribution in [2.75, 3.05) is 33.2 Å². The number of amides is 1. The third kappa shape index (κ3) is 2.86. The van der Waals surface area contributed by atoms with Gasteiger partial charge in [-0.25, -0.2) is 0 Å². The van der Waals surface area contributed by atoms with Gasteiger partial charge in [-0.15, -0.1) is 0 Å². The summed E-state index contributed by atoms with van der Waals surface area (Å²) in [5, 5.41) is 0. The smallest absolute Gasteiger partial charge is 0.226 e. The van der Waals surface area contributed by atoms with Crippen LogP contribution in [0.3, 0.4) is 0 Å². The van der Waals surface area contributed by atoms with E-state index in [-0.39, 0.29) is 12.0 Å². The second-order valence-electron chi connectivity index (χ2n) is 6.03. The van der Waals surface area contributed by atoms with Gasteiger partial charge in [-0.05, 0) is 51.7 Å². The molecule has 2 rings (SSSR count). The maximum absolute atomic E-state index is 12.6. The predicted molar refractivity (Wildman–Crippen MR) is 73.2 cm³/mol. The van der Waals surface area contributed by atoms with Crippen molar-refractivity contribution >= 4 is 5.91 Å². The fourth-order valence-electron chi connectivity index (χ4n) is 3.37. The predicted octanol–water partition coefficient (Wildman–Crippen LogP) is 0.914. The highest BCUT2D eigenvalue weighted by Gasteiger charge is 2.35. The molecule has 0 radical (unpaired) electrons. The number of rotatable bonds is 2. The van der Waals surface area contributed by atoms with Gasteiger partial charge in [-0.1, -0.05) is 6.92 Å². The Balaban J connectivity index is 1.98. The van der Waals surface area contributed by atoms with E-state index in [9.17, 15) is 4.79 Å². The van der Waals surface area contributed by atoms with Gasteiger partial charge >= 0.3 is 0 Å². The first-order chi connectivity index (χ1) is 8.63. The monoisotopic (exact) mass is 253 g/mol. The molecule has 0 aromatic carbocycles. The minimum absolute atomic E-state index is 0.237. The molecule has 0 unspecified atom stereocenters. The molecule has 4 nitrogen and oxygen atoms in total. The average molecular weight is 253 g/mol. The number of carbonyl (C=O) groups is 1. The Morgan fingerprint density at radius 3 is 2.50 bits per heavy atom. The lowest BCUT2D eigenvalue weighted by atomic mass is 9.88. The summed E-state index contributed by atoms with van der Waals surface area (Å²) in [4.78, 5) is 17.0. The van der Waals surface area contributed by atoms with E-state index < -0.39 is 0 Å². The van der Waals surface area contributed by atoms with E-state index in [1.54, 1.807) is 0 Å². The molecule has 0 aliphatic carbocycles. The van der Waals surface area contributed by atoms with Crippen LogP contribution in [0.15, 0.2) is 0 Å². The SMILES string of the molecule is C[C@@H]1CCCN(C(=O)C2CCN(C)CC2)[C@@H]1CN. The van der Waals surface area contributed by atoms with Crippen LogP contribution in [0.2, 0.25) is 0 Å². The first-order valence-electron chi connectivity index (χ1n) is 7.32. The van der Waals surface area contributed by atoms with Gasteiger partial charge in [0.2, 0.25) is 5.91 Å². The van der Waals surface area contributed by atoms with Gasteiger partial charge in [0.15, 0.2) is 0 Å². The molecule has 0 aromatic rings. The minimum Gasteiger partial charge on any atom is -0.338 e. The Morgan fingerprint density at radius 2 is 1.89 bits per heavy atom. The Labute approximate surface area is 110 Å². The molecule has 18 heavy (non-hydrogen) atoms. The van der Waals surface area contributed by atoms with Crippen molar-refractivity contribution in [3.63, 3.8) is 0 Å². The van der Waals surface area contributed by atoms with Gasteiger partial charge in [0.05, 0.1) is 0 Å². The molecule has 2 heterocycles. The van der Waals surface area contributed by atoms with E-state index in [0.717, 1.165) is 38.9 Å². The van der Waals surface area contributed by atoms with Crippen molar-refractivity contribution in [3.8, 4) is 0 Å². The first-order valence-corrected chi connectivity index (χ1v) is 7.32. The Morgan fingerprint density at radius 1 is 1.22 bits per heavy atom. The Kier molecular flexibility index (Phi) is 4.62. The number of nitrogens with two attached hydrogens (primary N) is 1. The van der Waals surface area contributed by atoms with Crippen LogP contribution in [0.25, 0.3) is 0 Å². The van der Waals surface area contributed by atoms with Gasteiger partial charge in [-0.3, -0.25) is 4.79 Å². The fraction of sp³-hybridized carbons (Fsp3) is 0.929. The summed E-state index contributed by atoms with van der Waals surface area (Å²) in [6.07, 6.45) is 4.37. The average Bonchev–Trinajstić information content (AvgIpc) is 2.38. The van der Waals surface area contributed by atoms with Gasteiger partial charge in [0.1, 0.15) is 0 Å². The molecule has 2 fully saturated rings. The normalized spacial score (nSPS) is 31.6. The van der Waals surface area contributed by atoms with Crippen LogP contribution in [-0.4, -0.2) is 55.0 Å². The summed E-state index contributed by atoms with van der Waals surface area (Å²) in [7, 11) is 2.13. The molecule has 1 amide bonds. The molecule has 0 saturated carbocycles. The topological polar surface area (TPSA) is 49.6 Å². The van der Waals surface area contributed by atoms with E-state index >= 15 is 0 Å². The number of carbonyl (C=O) groups excluding carboxylic acids is 1. The van der Waals surface area contributed by atoms with Crippen LogP contribution in [0.4, 0.5) is 0 Å². The lowest BCUT2D eigenvalue weighted by Crippen LogP contribution is -2.54. The number of piperidine rings is 2. The molecule has 2 atom stereocenters.